The Balaban J connectivity index is 1.45. The molecule has 0 saturated carbocycles. The van der Waals surface area contributed by atoms with E-state index in [1.165, 1.54) is 0 Å². The number of hydrogen-bond acceptors (Lipinski definition) is 5. The van der Waals surface area contributed by atoms with Crippen LogP contribution in [0, 0.1) is 6.92 Å². The van der Waals surface area contributed by atoms with Crippen LogP contribution in [0.3, 0.4) is 0 Å². The maximum Gasteiger partial charge on any atom is 0.253 e. The Morgan fingerprint density at radius 1 is 1.09 bits per heavy atom. The van der Waals surface area contributed by atoms with Crippen molar-refractivity contribution in [3.63, 3.8) is 0 Å². The maximum atomic E-state index is 13.4. The third-order valence-electron chi connectivity index (χ3n) is 6.02. The van der Waals surface area contributed by atoms with Gasteiger partial charge in [0, 0.05) is 42.6 Å². The maximum absolute atomic E-state index is 13.4. The SMILES string of the molecule is Cc1cc(Cl)cc(-c2cnc(-c3cnn(C)c3)c(C(=O)NCC3Nc4ccccc4N3C)c2)c1. The quantitative estimate of drug-likeness (QED) is 0.439. The van der Waals surface area contributed by atoms with Crippen LogP contribution in [0.5, 0.6) is 0 Å². The van der Waals surface area contributed by atoms with E-state index in [1.54, 1.807) is 17.1 Å². The van der Waals surface area contributed by atoms with E-state index >= 15 is 0 Å². The van der Waals surface area contributed by atoms with Crippen LogP contribution >= 0.6 is 11.6 Å². The van der Waals surface area contributed by atoms with Crippen LogP contribution < -0.4 is 15.5 Å². The van der Waals surface area contributed by atoms with E-state index in [4.69, 9.17) is 11.6 Å². The number of anilines is 2. The molecule has 1 aliphatic heterocycles. The van der Waals surface area contributed by atoms with Gasteiger partial charge < -0.3 is 15.5 Å². The highest BCUT2D eigenvalue weighted by atomic mass is 35.5. The van der Waals surface area contributed by atoms with Crippen molar-refractivity contribution in [3.8, 4) is 22.4 Å². The Morgan fingerprint density at radius 2 is 1.91 bits per heavy atom. The summed E-state index contributed by atoms with van der Waals surface area (Å²) in [6, 6.07) is 15.8. The number of likely N-dealkylation sites (N-methyl/N-ethyl adjacent to an activating group) is 1. The Bertz CT molecular complexity index is 1360. The molecule has 7 nitrogen and oxygen atoms in total. The summed E-state index contributed by atoms with van der Waals surface area (Å²) in [6.45, 7) is 2.42. The minimum atomic E-state index is -0.196. The summed E-state index contributed by atoms with van der Waals surface area (Å²) in [5.74, 6) is -0.196. The van der Waals surface area contributed by atoms with Gasteiger partial charge in [-0.2, -0.15) is 5.10 Å². The Kier molecular flexibility index (Phi) is 5.71. The molecule has 3 heterocycles. The van der Waals surface area contributed by atoms with Gasteiger partial charge in [0.25, 0.3) is 5.91 Å². The molecule has 0 bridgehead atoms. The highest BCUT2D eigenvalue weighted by Gasteiger charge is 2.26. The monoisotopic (exact) mass is 472 g/mol. The van der Waals surface area contributed by atoms with Crippen molar-refractivity contribution in [2.45, 2.75) is 13.1 Å². The molecule has 8 heteroatoms. The summed E-state index contributed by atoms with van der Waals surface area (Å²) in [5, 5.41) is 11.4. The van der Waals surface area contributed by atoms with E-state index in [0.717, 1.165) is 33.6 Å². The zero-order valence-electron chi connectivity index (χ0n) is 19.2. The van der Waals surface area contributed by atoms with Crippen LogP contribution in [0.25, 0.3) is 22.4 Å². The third kappa shape index (κ3) is 4.22. The first kappa shape index (κ1) is 22.0. The molecule has 0 fully saturated rings. The van der Waals surface area contributed by atoms with E-state index in [9.17, 15) is 4.79 Å². The van der Waals surface area contributed by atoms with Crippen LogP contribution in [0.15, 0.2) is 67.1 Å². The first-order chi connectivity index (χ1) is 16.4. The van der Waals surface area contributed by atoms with Crippen LogP contribution in [-0.2, 0) is 7.05 Å². The minimum Gasteiger partial charge on any atom is -0.362 e. The summed E-state index contributed by atoms with van der Waals surface area (Å²) in [6.07, 6.45) is 5.29. The number of carbonyl (C=O) groups is 1. The van der Waals surface area contributed by atoms with Crippen molar-refractivity contribution in [1.82, 2.24) is 20.1 Å². The molecule has 5 rings (SSSR count). The molecule has 0 aliphatic carbocycles. The molecule has 0 radical (unpaired) electrons. The number of para-hydroxylation sites is 2. The molecule has 4 aromatic rings. The Hall–Kier alpha value is -3.84. The van der Waals surface area contributed by atoms with Crippen molar-refractivity contribution in [2.24, 2.45) is 7.05 Å². The summed E-state index contributed by atoms with van der Waals surface area (Å²) < 4.78 is 1.70. The molecule has 2 aromatic carbocycles. The number of pyridine rings is 1. The average molecular weight is 473 g/mol. The number of nitrogens with zero attached hydrogens (tertiary/aromatic N) is 4. The number of carbonyl (C=O) groups excluding carboxylic acids is 1. The molecular weight excluding hydrogens is 448 g/mol. The molecule has 1 amide bonds. The van der Waals surface area contributed by atoms with E-state index in [1.807, 2.05) is 69.7 Å². The third-order valence-corrected chi connectivity index (χ3v) is 6.23. The summed E-state index contributed by atoms with van der Waals surface area (Å²) >= 11 is 6.28. The summed E-state index contributed by atoms with van der Waals surface area (Å²) in [5.41, 5.74) is 6.80. The fourth-order valence-corrected chi connectivity index (χ4v) is 4.58. The van der Waals surface area contributed by atoms with Gasteiger partial charge in [-0.15, -0.1) is 0 Å². The number of amides is 1. The van der Waals surface area contributed by atoms with Gasteiger partial charge in [0.2, 0.25) is 0 Å². The van der Waals surface area contributed by atoms with Gasteiger partial charge in [0.15, 0.2) is 0 Å². The lowest BCUT2D eigenvalue weighted by molar-refractivity contribution is 0.0952. The van der Waals surface area contributed by atoms with Crippen LogP contribution in [-0.4, -0.2) is 40.4 Å². The second kappa shape index (κ2) is 8.83. The molecular formula is C26H25ClN6O. The molecule has 2 aromatic heterocycles. The number of hydrogen-bond donors (Lipinski definition) is 2. The van der Waals surface area contributed by atoms with Crippen molar-refractivity contribution in [3.05, 3.63) is 83.3 Å². The van der Waals surface area contributed by atoms with Gasteiger partial charge >= 0.3 is 0 Å². The number of benzene rings is 2. The van der Waals surface area contributed by atoms with Crippen LogP contribution in [0.1, 0.15) is 15.9 Å². The average Bonchev–Trinajstić information content (AvgIpc) is 3.39. The Labute approximate surface area is 203 Å². The van der Waals surface area contributed by atoms with Gasteiger partial charge in [-0.05, 0) is 48.4 Å². The van der Waals surface area contributed by atoms with Crippen molar-refractivity contribution < 1.29 is 4.79 Å². The first-order valence-electron chi connectivity index (χ1n) is 11.0. The zero-order valence-corrected chi connectivity index (χ0v) is 20.0. The van der Waals surface area contributed by atoms with E-state index in [-0.39, 0.29) is 12.1 Å². The van der Waals surface area contributed by atoms with Crippen molar-refractivity contribution >= 4 is 28.9 Å². The van der Waals surface area contributed by atoms with E-state index in [0.29, 0.717) is 22.8 Å². The highest BCUT2D eigenvalue weighted by molar-refractivity contribution is 6.31. The molecule has 0 spiro atoms. The van der Waals surface area contributed by atoms with E-state index in [2.05, 4.69) is 31.7 Å². The number of fused-ring (bicyclic) bond motifs is 1. The number of rotatable bonds is 5. The van der Waals surface area contributed by atoms with E-state index < -0.39 is 0 Å². The van der Waals surface area contributed by atoms with Gasteiger partial charge in [-0.3, -0.25) is 14.5 Å². The van der Waals surface area contributed by atoms with Gasteiger partial charge in [0.05, 0.1) is 35.4 Å². The molecule has 1 aliphatic rings. The normalized spacial score (nSPS) is 14.6. The molecule has 34 heavy (non-hydrogen) atoms. The van der Waals surface area contributed by atoms with Gasteiger partial charge in [0.1, 0.15) is 6.17 Å². The van der Waals surface area contributed by atoms with Gasteiger partial charge in [-0.1, -0.05) is 29.8 Å². The largest absolute Gasteiger partial charge is 0.362 e. The van der Waals surface area contributed by atoms with Crippen LogP contribution in [0.4, 0.5) is 11.4 Å². The van der Waals surface area contributed by atoms with Crippen molar-refractivity contribution in [2.75, 3.05) is 23.8 Å². The Morgan fingerprint density at radius 3 is 2.65 bits per heavy atom. The second-order valence-electron chi connectivity index (χ2n) is 8.54. The number of nitrogens with one attached hydrogen (secondary N) is 2. The topological polar surface area (TPSA) is 75.1 Å². The predicted octanol–water partition coefficient (Wildman–Crippen LogP) is 4.73. The zero-order chi connectivity index (χ0) is 23.8. The first-order valence-corrected chi connectivity index (χ1v) is 11.4. The number of aryl methyl sites for hydroxylation is 2. The molecule has 1 atom stereocenters. The molecule has 1 unspecified atom stereocenters. The lowest BCUT2D eigenvalue weighted by Crippen LogP contribution is -2.43. The number of aromatic nitrogens is 3. The second-order valence-corrected chi connectivity index (χ2v) is 8.97. The summed E-state index contributed by atoms with van der Waals surface area (Å²) in [4.78, 5) is 20.2. The number of halogens is 1. The predicted molar refractivity (Wildman–Crippen MR) is 136 cm³/mol. The molecule has 172 valence electrons. The molecule has 0 saturated heterocycles. The standard InChI is InChI=1S/C26H25ClN6O/c1-16-8-17(10-20(27)9-16)18-11-21(25(28-12-18)19-13-30-32(2)15-19)26(34)29-14-24-31-22-6-4-5-7-23(22)33(24)3/h4-13,15,24,31H,14H2,1-3H3,(H,29,34). The van der Waals surface area contributed by atoms with Gasteiger partial charge in [-0.25, -0.2) is 0 Å². The molecule has 2 N–H and O–H groups in total. The summed E-state index contributed by atoms with van der Waals surface area (Å²) in [7, 11) is 3.85. The van der Waals surface area contributed by atoms with Crippen LogP contribution in [0.2, 0.25) is 5.02 Å². The fraction of sp³-hybridized carbons (Fsp3) is 0.192. The smallest absolute Gasteiger partial charge is 0.253 e. The van der Waals surface area contributed by atoms with Crippen molar-refractivity contribution in [1.29, 1.82) is 0 Å². The highest BCUT2D eigenvalue weighted by Crippen LogP contribution is 2.33. The minimum absolute atomic E-state index is 0.0464. The lowest BCUT2D eigenvalue weighted by atomic mass is 10.0. The fourth-order valence-electron chi connectivity index (χ4n) is 4.29. The lowest BCUT2D eigenvalue weighted by Gasteiger charge is -2.22.